The quantitative estimate of drug-likeness (QED) is 0.171. The van der Waals surface area contributed by atoms with E-state index in [1.807, 2.05) is 20.8 Å². The maximum atomic E-state index is 13.8. The average molecular weight is 592 g/mol. The van der Waals surface area contributed by atoms with E-state index in [1.165, 1.54) is 17.0 Å². The van der Waals surface area contributed by atoms with Gasteiger partial charge < -0.3 is 31.3 Å². The van der Waals surface area contributed by atoms with Gasteiger partial charge in [0.05, 0.1) is 12.6 Å². The minimum Gasteiger partial charge on any atom is -0.464 e. The molecule has 1 heterocycles. The molecule has 0 bridgehead atoms. The smallest absolute Gasteiger partial charge is 0.328 e. The molecule has 1 aliphatic heterocycles. The summed E-state index contributed by atoms with van der Waals surface area (Å²) in [5.41, 5.74) is 5.57. The van der Waals surface area contributed by atoms with Crippen molar-refractivity contribution < 1.29 is 28.3 Å². The second-order valence-electron chi connectivity index (χ2n) is 12.0. The summed E-state index contributed by atoms with van der Waals surface area (Å²) in [5, 5.41) is 8.91. The lowest BCUT2D eigenvalue weighted by Crippen LogP contribution is -2.60. The van der Waals surface area contributed by atoms with Gasteiger partial charge in [0.2, 0.25) is 17.7 Å². The number of rotatable bonds is 16. The van der Waals surface area contributed by atoms with Crippen LogP contribution in [0.4, 0.5) is 4.39 Å². The minimum atomic E-state index is -0.999. The summed E-state index contributed by atoms with van der Waals surface area (Å²) in [6, 6.07) is 2.53. The average Bonchev–Trinajstić information content (AvgIpc) is 3.43. The van der Waals surface area contributed by atoms with Gasteiger partial charge in [-0.15, -0.1) is 0 Å². The summed E-state index contributed by atoms with van der Waals surface area (Å²) >= 11 is 0. The molecule has 1 aromatic rings. The Morgan fingerprint density at radius 3 is 2.36 bits per heavy atom. The second kappa shape index (κ2) is 17.2. The topological polar surface area (TPSA) is 143 Å². The number of halogens is 1. The number of nitrogens with two attached hydrogens (primary N) is 1. The van der Waals surface area contributed by atoms with E-state index in [-0.39, 0.29) is 24.8 Å². The highest BCUT2D eigenvalue weighted by Gasteiger charge is 2.43. The van der Waals surface area contributed by atoms with Gasteiger partial charge in [-0.3, -0.25) is 14.4 Å². The van der Waals surface area contributed by atoms with Gasteiger partial charge in [-0.2, -0.15) is 0 Å². The Morgan fingerprint density at radius 2 is 1.74 bits per heavy atom. The van der Waals surface area contributed by atoms with Crippen molar-refractivity contribution in [1.29, 1.82) is 0 Å². The first-order valence-corrected chi connectivity index (χ1v) is 15.1. The molecule has 4 atom stereocenters. The molecule has 10 nitrogen and oxygen atoms in total. The molecule has 236 valence electrons. The zero-order valence-corrected chi connectivity index (χ0v) is 25.8. The molecule has 5 N–H and O–H groups in total. The molecule has 0 spiro atoms. The van der Waals surface area contributed by atoms with Crippen LogP contribution in [0.3, 0.4) is 0 Å². The maximum Gasteiger partial charge on any atom is 0.328 e. The number of carbonyl (C=O) groups excluding carboxylic acids is 4. The fraction of sp³-hybridized carbons (Fsp3) is 0.677. The van der Waals surface area contributed by atoms with E-state index in [1.54, 1.807) is 26.0 Å². The summed E-state index contributed by atoms with van der Waals surface area (Å²) in [7, 11) is 0. The Labute approximate surface area is 249 Å². The number of ether oxygens (including phenoxy) is 1. The van der Waals surface area contributed by atoms with Crippen LogP contribution in [0.5, 0.6) is 0 Å². The molecule has 0 unspecified atom stereocenters. The monoisotopic (exact) mass is 591 g/mol. The Morgan fingerprint density at radius 1 is 1.07 bits per heavy atom. The van der Waals surface area contributed by atoms with E-state index < -0.39 is 47.3 Å². The summed E-state index contributed by atoms with van der Waals surface area (Å²) in [6.45, 7) is 10.9. The van der Waals surface area contributed by atoms with Gasteiger partial charge in [-0.1, -0.05) is 45.7 Å². The van der Waals surface area contributed by atoms with Crippen LogP contribution in [0, 0.1) is 11.2 Å². The van der Waals surface area contributed by atoms with Crippen LogP contribution in [0.15, 0.2) is 24.3 Å². The van der Waals surface area contributed by atoms with Crippen molar-refractivity contribution in [2.45, 2.75) is 104 Å². The Balaban J connectivity index is 2.09. The first-order valence-electron chi connectivity index (χ1n) is 15.1. The van der Waals surface area contributed by atoms with Crippen LogP contribution >= 0.6 is 0 Å². The van der Waals surface area contributed by atoms with Gasteiger partial charge in [0.25, 0.3) is 0 Å². The molecule has 0 radical (unpaired) electrons. The summed E-state index contributed by atoms with van der Waals surface area (Å²) in [5.74, 6) is -2.10. The van der Waals surface area contributed by atoms with E-state index in [0.717, 1.165) is 25.7 Å². The van der Waals surface area contributed by atoms with Gasteiger partial charge in [-0.05, 0) is 75.7 Å². The van der Waals surface area contributed by atoms with Crippen molar-refractivity contribution in [1.82, 2.24) is 20.9 Å². The lowest BCUT2D eigenvalue weighted by molar-refractivity contribution is -0.149. The van der Waals surface area contributed by atoms with Crippen molar-refractivity contribution in [3.63, 3.8) is 0 Å². The third kappa shape index (κ3) is 11.0. The number of unbranched alkanes of at least 4 members (excludes halogenated alkanes) is 3. The summed E-state index contributed by atoms with van der Waals surface area (Å²) in [4.78, 5) is 54.6. The second-order valence-corrected chi connectivity index (χ2v) is 12.0. The number of amides is 3. The lowest BCUT2D eigenvalue weighted by Gasteiger charge is -2.36. The highest BCUT2D eigenvalue weighted by Crippen LogP contribution is 2.26. The van der Waals surface area contributed by atoms with E-state index in [0.29, 0.717) is 38.0 Å². The predicted octanol–water partition coefficient (Wildman–Crippen LogP) is 2.44. The van der Waals surface area contributed by atoms with Gasteiger partial charge in [-0.25, -0.2) is 9.18 Å². The molecule has 2 rings (SSSR count). The van der Waals surface area contributed by atoms with Gasteiger partial charge in [0.15, 0.2) is 0 Å². The number of nitrogens with zero attached hydrogens (tertiary/aromatic N) is 1. The van der Waals surface area contributed by atoms with E-state index in [2.05, 4.69) is 16.0 Å². The van der Waals surface area contributed by atoms with Crippen molar-refractivity contribution in [3.05, 3.63) is 35.6 Å². The molecule has 3 amide bonds. The molecule has 42 heavy (non-hydrogen) atoms. The predicted molar refractivity (Wildman–Crippen MR) is 160 cm³/mol. The number of hydrogen-bond acceptors (Lipinski definition) is 7. The molecule has 1 fully saturated rings. The van der Waals surface area contributed by atoms with Crippen LogP contribution in [0.2, 0.25) is 0 Å². The standard InChI is InChI=1S/C31H50FN5O5/c1-6-42-30(41)24(20-22-13-15-23(32)16-14-22)35-28(39)25-12-11-19-37(25)29(40)26(31(3,4)5)36-27(38)21(2)34-18-10-8-7-9-17-33/h13-16,21,24-26,34H,6-12,17-20,33H2,1-5H3,(H,35,39)(H,36,38)/t21-,24-,25-,26+/m0/s1. The van der Waals surface area contributed by atoms with E-state index >= 15 is 0 Å². The number of benzene rings is 1. The number of nitrogens with one attached hydrogen (secondary N) is 3. The Hall–Kier alpha value is -3.05. The Bertz CT molecular complexity index is 1030. The zero-order chi connectivity index (χ0) is 31.3. The van der Waals surface area contributed by atoms with Crippen LogP contribution in [0.1, 0.15) is 78.7 Å². The van der Waals surface area contributed by atoms with E-state index in [4.69, 9.17) is 10.5 Å². The molecule has 11 heteroatoms. The first-order chi connectivity index (χ1) is 19.9. The van der Waals surface area contributed by atoms with E-state index in [9.17, 15) is 23.6 Å². The van der Waals surface area contributed by atoms with Crippen molar-refractivity contribution >= 4 is 23.7 Å². The van der Waals surface area contributed by atoms with Gasteiger partial charge in [0, 0.05) is 13.0 Å². The summed E-state index contributed by atoms with van der Waals surface area (Å²) < 4.78 is 18.6. The number of esters is 1. The molecule has 0 aliphatic carbocycles. The largest absolute Gasteiger partial charge is 0.464 e. The molecule has 1 saturated heterocycles. The minimum absolute atomic E-state index is 0.115. The number of carbonyl (C=O) groups is 4. The molecule has 1 aromatic carbocycles. The summed E-state index contributed by atoms with van der Waals surface area (Å²) in [6.07, 6.45) is 5.15. The molecule has 1 aliphatic rings. The first kappa shape index (κ1) is 35.1. The van der Waals surface area contributed by atoms with Crippen LogP contribution < -0.4 is 21.7 Å². The highest BCUT2D eigenvalue weighted by molar-refractivity contribution is 5.95. The van der Waals surface area contributed by atoms with Crippen molar-refractivity contribution in [2.75, 3.05) is 26.2 Å². The van der Waals surface area contributed by atoms with Crippen molar-refractivity contribution in [3.8, 4) is 0 Å². The lowest BCUT2D eigenvalue weighted by atomic mass is 9.85. The molecular weight excluding hydrogens is 541 g/mol. The van der Waals surface area contributed by atoms with Gasteiger partial charge in [0.1, 0.15) is 23.9 Å². The maximum absolute atomic E-state index is 13.8. The SMILES string of the molecule is CCOC(=O)[C@H](Cc1ccc(F)cc1)NC(=O)[C@@H]1CCCN1C(=O)[C@@H](NC(=O)[C@H](C)NCCCCCCN)C(C)(C)C. The fourth-order valence-corrected chi connectivity index (χ4v) is 4.98. The molecule has 0 aromatic heterocycles. The number of hydrogen-bond donors (Lipinski definition) is 4. The number of likely N-dealkylation sites (tertiary alicyclic amines) is 1. The third-order valence-electron chi connectivity index (χ3n) is 7.45. The molecular formula is C31H50FN5O5. The highest BCUT2D eigenvalue weighted by atomic mass is 19.1. The van der Waals surface area contributed by atoms with Crippen LogP contribution in [-0.2, 0) is 30.3 Å². The Kier molecular flexibility index (Phi) is 14.4. The van der Waals surface area contributed by atoms with Crippen LogP contribution in [-0.4, -0.2) is 79.0 Å². The fourth-order valence-electron chi connectivity index (χ4n) is 4.98. The van der Waals surface area contributed by atoms with Crippen molar-refractivity contribution in [2.24, 2.45) is 11.1 Å². The van der Waals surface area contributed by atoms with Crippen LogP contribution in [0.25, 0.3) is 0 Å². The van der Waals surface area contributed by atoms with Gasteiger partial charge >= 0.3 is 5.97 Å². The zero-order valence-electron chi connectivity index (χ0n) is 25.8. The third-order valence-corrected chi connectivity index (χ3v) is 7.45. The normalized spacial score (nSPS) is 17.3. The molecule has 0 saturated carbocycles.